The molecule has 0 aliphatic heterocycles. The lowest BCUT2D eigenvalue weighted by Gasteiger charge is -2.13. The zero-order chi connectivity index (χ0) is 16.3. The van der Waals surface area contributed by atoms with Crippen LogP contribution >= 0.6 is 0 Å². The molecule has 0 saturated heterocycles. The van der Waals surface area contributed by atoms with Crippen LogP contribution in [0, 0.1) is 5.82 Å². The van der Waals surface area contributed by atoms with Crippen molar-refractivity contribution in [2.75, 3.05) is 6.26 Å². The third-order valence-electron chi connectivity index (χ3n) is 2.86. The van der Waals surface area contributed by atoms with E-state index in [9.17, 15) is 12.8 Å². The molecule has 120 valence electrons. The van der Waals surface area contributed by atoms with Crippen molar-refractivity contribution in [3.63, 3.8) is 0 Å². The van der Waals surface area contributed by atoms with E-state index in [0.717, 1.165) is 6.26 Å². The summed E-state index contributed by atoms with van der Waals surface area (Å²) < 4.78 is 45.1. The Morgan fingerprint density at radius 2 is 1.95 bits per heavy atom. The molecule has 22 heavy (non-hydrogen) atoms. The summed E-state index contributed by atoms with van der Waals surface area (Å²) in [6, 6.07) is 5.16. The predicted octanol–water partition coefficient (Wildman–Crippen LogP) is 1.84. The van der Waals surface area contributed by atoms with Crippen LogP contribution in [0.15, 0.2) is 24.3 Å². The van der Waals surface area contributed by atoms with E-state index in [-0.39, 0.29) is 11.8 Å². The minimum Gasteiger partial charge on any atom is -0.424 e. The molecule has 0 unspecified atom stereocenters. The second-order valence-electron chi connectivity index (χ2n) is 4.75. The fourth-order valence-corrected chi connectivity index (χ4v) is 2.72. The highest BCUT2D eigenvalue weighted by atomic mass is 32.2. The third-order valence-corrected chi connectivity index (χ3v) is 3.64. The van der Waals surface area contributed by atoms with Gasteiger partial charge in [0.15, 0.2) is 5.82 Å². The highest BCUT2D eigenvalue weighted by molar-refractivity contribution is 7.88. The second kappa shape index (κ2) is 6.41. The predicted molar refractivity (Wildman–Crippen MR) is 78.6 cm³/mol. The molecule has 0 radical (unpaired) electrons. The van der Waals surface area contributed by atoms with Crippen molar-refractivity contribution >= 4 is 10.0 Å². The molecule has 2 aromatic rings. The van der Waals surface area contributed by atoms with Gasteiger partial charge in [0.25, 0.3) is 0 Å². The zero-order valence-corrected chi connectivity index (χ0v) is 13.3. The number of benzene rings is 1. The number of nitrogens with one attached hydrogen (secondary N) is 1. The average Bonchev–Trinajstić information content (AvgIpc) is 2.82. The van der Waals surface area contributed by atoms with Crippen molar-refractivity contribution in [2.24, 2.45) is 0 Å². The van der Waals surface area contributed by atoms with Crippen molar-refractivity contribution in [3.05, 3.63) is 35.9 Å². The smallest absolute Gasteiger partial charge is 0.322 e. The summed E-state index contributed by atoms with van der Waals surface area (Å²) in [7, 11) is -3.36. The van der Waals surface area contributed by atoms with Crippen LogP contribution in [0.25, 0.3) is 0 Å². The van der Waals surface area contributed by atoms with Gasteiger partial charge in [0, 0.05) is 6.54 Å². The van der Waals surface area contributed by atoms with E-state index in [1.165, 1.54) is 24.3 Å². The number of hydrogen-bond donors (Lipinski definition) is 1. The molecule has 1 N–H and O–H groups in total. The van der Waals surface area contributed by atoms with E-state index >= 15 is 0 Å². The van der Waals surface area contributed by atoms with Crippen LogP contribution < -0.4 is 9.46 Å². The van der Waals surface area contributed by atoms with Crippen molar-refractivity contribution in [3.8, 4) is 11.8 Å². The molecule has 9 heteroatoms. The van der Waals surface area contributed by atoms with E-state index in [1.807, 2.05) is 6.92 Å². The van der Waals surface area contributed by atoms with Crippen LogP contribution in [0.4, 0.5) is 4.39 Å². The molecule has 1 heterocycles. The molecule has 0 aliphatic carbocycles. The first-order valence-electron chi connectivity index (χ1n) is 6.64. The van der Waals surface area contributed by atoms with Crippen LogP contribution in [0.5, 0.6) is 11.8 Å². The molecule has 0 amide bonds. The highest BCUT2D eigenvalue weighted by Gasteiger charge is 2.20. The average molecular weight is 328 g/mol. The molecular weight excluding hydrogens is 311 g/mol. The Bertz CT molecular complexity index is 743. The van der Waals surface area contributed by atoms with Gasteiger partial charge in [-0.3, -0.25) is 4.57 Å². The first-order valence-corrected chi connectivity index (χ1v) is 8.53. The summed E-state index contributed by atoms with van der Waals surface area (Å²) in [5.74, 6) is 0.486. The van der Waals surface area contributed by atoms with Gasteiger partial charge in [-0.25, -0.2) is 17.5 Å². The van der Waals surface area contributed by atoms with Gasteiger partial charge in [0.05, 0.1) is 12.3 Å². The minimum atomic E-state index is -3.36. The monoisotopic (exact) mass is 328 g/mol. The Kier molecular flexibility index (Phi) is 4.77. The minimum absolute atomic E-state index is 0.214. The lowest BCUT2D eigenvalue weighted by Crippen LogP contribution is -2.27. The van der Waals surface area contributed by atoms with Crippen LogP contribution in [0.3, 0.4) is 0 Å². The molecule has 0 saturated carbocycles. The molecular formula is C13H17FN4O3S. The number of aromatic nitrogens is 3. The Morgan fingerprint density at radius 3 is 2.50 bits per heavy atom. The van der Waals surface area contributed by atoms with Gasteiger partial charge in [-0.15, -0.1) is 5.10 Å². The van der Waals surface area contributed by atoms with E-state index in [2.05, 4.69) is 14.9 Å². The third kappa shape index (κ3) is 4.01. The molecule has 1 atom stereocenters. The molecule has 7 nitrogen and oxygen atoms in total. The lowest BCUT2D eigenvalue weighted by atomic mass is 10.3. The van der Waals surface area contributed by atoms with E-state index in [4.69, 9.17) is 4.74 Å². The fourth-order valence-electron chi connectivity index (χ4n) is 1.97. The van der Waals surface area contributed by atoms with Crippen LogP contribution in [-0.2, 0) is 16.6 Å². The van der Waals surface area contributed by atoms with Gasteiger partial charge in [0.2, 0.25) is 10.0 Å². The number of ether oxygens (including phenoxy) is 1. The summed E-state index contributed by atoms with van der Waals surface area (Å²) in [5.41, 5.74) is 0. The Balaban J connectivity index is 2.25. The van der Waals surface area contributed by atoms with Crippen molar-refractivity contribution < 1.29 is 17.5 Å². The molecule has 0 fully saturated rings. The topological polar surface area (TPSA) is 86.1 Å². The molecule has 1 aromatic heterocycles. The van der Waals surface area contributed by atoms with Crippen molar-refractivity contribution in [1.29, 1.82) is 0 Å². The zero-order valence-electron chi connectivity index (χ0n) is 12.4. The molecule has 1 aromatic carbocycles. The normalized spacial score (nSPS) is 13.1. The van der Waals surface area contributed by atoms with Gasteiger partial charge in [-0.05, 0) is 38.1 Å². The van der Waals surface area contributed by atoms with Gasteiger partial charge in [-0.1, -0.05) is 5.10 Å². The number of nitrogens with zero attached hydrogens (tertiary/aromatic N) is 3. The van der Waals surface area contributed by atoms with Gasteiger partial charge >= 0.3 is 6.01 Å². The molecule has 0 aliphatic rings. The van der Waals surface area contributed by atoms with Crippen molar-refractivity contribution in [2.45, 2.75) is 26.4 Å². The quantitative estimate of drug-likeness (QED) is 0.874. The molecule has 2 rings (SSSR count). The van der Waals surface area contributed by atoms with Crippen LogP contribution in [0.1, 0.15) is 25.7 Å². The first kappa shape index (κ1) is 16.4. The Morgan fingerprint density at radius 1 is 1.32 bits per heavy atom. The van der Waals surface area contributed by atoms with Crippen LogP contribution in [-0.4, -0.2) is 29.4 Å². The SMILES string of the molecule is CCn1c(Oc2ccc(F)cc2)nnc1[C@@H](C)NS(C)(=O)=O. The van der Waals surface area contributed by atoms with E-state index in [1.54, 1.807) is 11.5 Å². The van der Waals surface area contributed by atoms with Gasteiger partial charge in [-0.2, -0.15) is 0 Å². The molecule has 0 spiro atoms. The van der Waals surface area contributed by atoms with Crippen molar-refractivity contribution in [1.82, 2.24) is 19.5 Å². The van der Waals surface area contributed by atoms with Gasteiger partial charge < -0.3 is 4.74 Å². The second-order valence-corrected chi connectivity index (χ2v) is 6.53. The lowest BCUT2D eigenvalue weighted by molar-refractivity contribution is 0.407. The number of halogens is 1. The summed E-state index contributed by atoms with van der Waals surface area (Å²) in [5, 5.41) is 7.89. The summed E-state index contributed by atoms with van der Waals surface area (Å²) in [4.78, 5) is 0. The largest absolute Gasteiger partial charge is 0.424 e. The maximum atomic E-state index is 12.9. The van der Waals surface area contributed by atoms with E-state index in [0.29, 0.717) is 18.1 Å². The summed E-state index contributed by atoms with van der Waals surface area (Å²) in [6.45, 7) is 4.02. The standard InChI is InChI=1S/C13H17FN4O3S/c1-4-18-12(9(2)17-22(3,19)20)15-16-13(18)21-11-7-5-10(14)6-8-11/h5-9,17H,4H2,1-3H3/t9-/m1/s1. The summed E-state index contributed by atoms with van der Waals surface area (Å²) >= 11 is 0. The maximum absolute atomic E-state index is 12.9. The highest BCUT2D eigenvalue weighted by Crippen LogP contribution is 2.23. The Hall–Kier alpha value is -2.00. The number of hydrogen-bond acceptors (Lipinski definition) is 5. The molecule has 0 bridgehead atoms. The summed E-state index contributed by atoms with van der Waals surface area (Å²) in [6.07, 6.45) is 1.08. The Labute approximate surface area is 128 Å². The fraction of sp³-hybridized carbons (Fsp3) is 0.385. The van der Waals surface area contributed by atoms with E-state index < -0.39 is 16.1 Å². The number of rotatable bonds is 6. The first-order chi connectivity index (χ1) is 10.3. The van der Waals surface area contributed by atoms with Gasteiger partial charge in [0.1, 0.15) is 11.6 Å². The number of sulfonamides is 1. The maximum Gasteiger partial charge on any atom is 0.322 e. The van der Waals surface area contributed by atoms with Crippen LogP contribution in [0.2, 0.25) is 0 Å².